The van der Waals surface area contributed by atoms with E-state index >= 15 is 0 Å². The third kappa shape index (κ3) is 2.73. The Bertz CT molecular complexity index is 167. The molecule has 1 saturated carbocycles. The predicted octanol–water partition coefficient (Wildman–Crippen LogP) is 3.49. The molecule has 1 saturated heterocycles. The van der Waals surface area contributed by atoms with Gasteiger partial charge >= 0.3 is 0 Å². The molecule has 0 amide bonds. The first-order valence-electron chi connectivity index (χ1n) is 6.68. The first-order valence-corrected chi connectivity index (χ1v) is 6.68. The van der Waals surface area contributed by atoms with Gasteiger partial charge in [0.2, 0.25) is 0 Å². The molecule has 2 rings (SSSR count). The maximum absolute atomic E-state index is 3.63. The standard InChI is InChI=1S/C13H25N/c1-2-3-4-5-6-8-11-9-7-10-12-13(11)14-12/h11-14H,2-10H2,1H3. The molecule has 14 heavy (non-hydrogen) atoms. The summed E-state index contributed by atoms with van der Waals surface area (Å²) in [7, 11) is 0. The Labute approximate surface area is 88.7 Å². The zero-order valence-electron chi connectivity index (χ0n) is 9.60. The molecular weight excluding hydrogens is 170 g/mol. The number of fused-ring (bicyclic) bond motifs is 1. The molecule has 82 valence electrons. The van der Waals surface area contributed by atoms with E-state index < -0.39 is 0 Å². The molecule has 1 aliphatic carbocycles. The minimum Gasteiger partial charge on any atom is -0.308 e. The highest BCUT2D eigenvalue weighted by Crippen LogP contribution is 2.36. The van der Waals surface area contributed by atoms with Crippen LogP contribution in [0.15, 0.2) is 0 Å². The Morgan fingerprint density at radius 3 is 2.79 bits per heavy atom. The van der Waals surface area contributed by atoms with Gasteiger partial charge in [-0.25, -0.2) is 0 Å². The highest BCUT2D eigenvalue weighted by Gasteiger charge is 2.43. The summed E-state index contributed by atoms with van der Waals surface area (Å²) in [6.07, 6.45) is 13.2. The van der Waals surface area contributed by atoms with Crippen molar-refractivity contribution in [1.29, 1.82) is 0 Å². The van der Waals surface area contributed by atoms with E-state index in [1.54, 1.807) is 0 Å². The van der Waals surface area contributed by atoms with Gasteiger partial charge < -0.3 is 5.32 Å². The van der Waals surface area contributed by atoms with E-state index in [-0.39, 0.29) is 0 Å². The van der Waals surface area contributed by atoms with Crippen LogP contribution in [0.4, 0.5) is 0 Å². The van der Waals surface area contributed by atoms with Crippen LogP contribution < -0.4 is 5.32 Å². The monoisotopic (exact) mass is 195 g/mol. The topological polar surface area (TPSA) is 21.9 Å². The van der Waals surface area contributed by atoms with E-state index in [4.69, 9.17) is 0 Å². The van der Waals surface area contributed by atoms with Gasteiger partial charge in [0, 0.05) is 12.1 Å². The lowest BCUT2D eigenvalue weighted by Crippen LogP contribution is -2.16. The Hall–Kier alpha value is -0.0400. The van der Waals surface area contributed by atoms with Gasteiger partial charge in [0.1, 0.15) is 0 Å². The van der Waals surface area contributed by atoms with Crippen LogP contribution in [0.3, 0.4) is 0 Å². The Morgan fingerprint density at radius 1 is 1.07 bits per heavy atom. The van der Waals surface area contributed by atoms with Crippen LogP contribution >= 0.6 is 0 Å². The van der Waals surface area contributed by atoms with Crippen LogP contribution in [-0.2, 0) is 0 Å². The smallest absolute Gasteiger partial charge is 0.0252 e. The van der Waals surface area contributed by atoms with Crippen LogP contribution in [0.25, 0.3) is 0 Å². The number of nitrogens with one attached hydrogen (secondary N) is 1. The summed E-state index contributed by atoms with van der Waals surface area (Å²) in [6, 6.07) is 1.87. The van der Waals surface area contributed by atoms with Crippen molar-refractivity contribution in [3.8, 4) is 0 Å². The fourth-order valence-electron chi connectivity index (χ4n) is 3.03. The average Bonchev–Trinajstić information content (AvgIpc) is 2.97. The van der Waals surface area contributed by atoms with Crippen LogP contribution in [0, 0.1) is 5.92 Å². The maximum atomic E-state index is 3.63. The molecule has 0 bridgehead atoms. The second kappa shape index (κ2) is 5.16. The quantitative estimate of drug-likeness (QED) is 0.508. The predicted molar refractivity (Wildman–Crippen MR) is 61.4 cm³/mol. The van der Waals surface area contributed by atoms with Crippen molar-refractivity contribution in [2.75, 3.05) is 0 Å². The lowest BCUT2D eigenvalue weighted by Gasteiger charge is -2.19. The SMILES string of the molecule is CCCCCCCC1CCCC2NC12. The minimum atomic E-state index is 0.935. The molecule has 1 aliphatic heterocycles. The molecule has 1 heteroatoms. The van der Waals surface area contributed by atoms with E-state index in [0.29, 0.717) is 0 Å². The fraction of sp³-hybridized carbons (Fsp3) is 1.00. The molecule has 2 aliphatic rings. The zero-order valence-corrected chi connectivity index (χ0v) is 9.60. The molecule has 0 aromatic heterocycles. The number of unbranched alkanes of at least 4 members (excludes halogenated alkanes) is 4. The van der Waals surface area contributed by atoms with Crippen molar-refractivity contribution >= 4 is 0 Å². The summed E-state index contributed by atoms with van der Waals surface area (Å²) in [4.78, 5) is 0. The molecule has 0 aromatic carbocycles. The normalized spacial score (nSPS) is 35.4. The maximum Gasteiger partial charge on any atom is 0.0252 e. The zero-order chi connectivity index (χ0) is 9.80. The lowest BCUT2D eigenvalue weighted by atomic mass is 9.85. The number of hydrogen-bond donors (Lipinski definition) is 1. The van der Waals surface area contributed by atoms with Gasteiger partial charge in [0.25, 0.3) is 0 Å². The van der Waals surface area contributed by atoms with E-state index in [1.807, 2.05) is 0 Å². The van der Waals surface area contributed by atoms with E-state index in [0.717, 1.165) is 18.0 Å². The lowest BCUT2D eigenvalue weighted by molar-refractivity contribution is 0.367. The molecular formula is C13H25N. The van der Waals surface area contributed by atoms with Crippen LogP contribution in [0.2, 0.25) is 0 Å². The summed E-state index contributed by atoms with van der Waals surface area (Å²) < 4.78 is 0. The highest BCUT2D eigenvalue weighted by atomic mass is 15.2. The van der Waals surface area contributed by atoms with E-state index in [9.17, 15) is 0 Å². The second-order valence-electron chi connectivity index (χ2n) is 5.19. The van der Waals surface area contributed by atoms with Crippen molar-refractivity contribution < 1.29 is 0 Å². The van der Waals surface area contributed by atoms with Crippen molar-refractivity contribution in [1.82, 2.24) is 5.32 Å². The van der Waals surface area contributed by atoms with Crippen LogP contribution in [0.5, 0.6) is 0 Å². The molecule has 0 aromatic rings. The highest BCUT2D eigenvalue weighted by molar-refractivity contribution is 5.04. The number of hydrogen-bond acceptors (Lipinski definition) is 1. The largest absolute Gasteiger partial charge is 0.308 e. The molecule has 1 heterocycles. The Morgan fingerprint density at radius 2 is 1.93 bits per heavy atom. The molecule has 3 atom stereocenters. The second-order valence-corrected chi connectivity index (χ2v) is 5.19. The van der Waals surface area contributed by atoms with Crippen molar-refractivity contribution in [3.63, 3.8) is 0 Å². The van der Waals surface area contributed by atoms with Crippen LogP contribution in [-0.4, -0.2) is 12.1 Å². The Kier molecular flexibility index (Phi) is 3.86. The average molecular weight is 195 g/mol. The van der Waals surface area contributed by atoms with Gasteiger partial charge in [-0.3, -0.25) is 0 Å². The van der Waals surface area contributed by atoms with Gasteiger partial charge in [-0.15, -0.1) is 0 Å². The van der Waals surface area contributed by atoms with Crippen LogP contribution in [0.1, 0.15) is 64.7 Å². The molecule has 1 nitrogen and oxygen atoms in total. The van der Waals surface area contributed by atoms with Gasteiger partial charge in [-0.1, -0.05) is 45.4 Å². The third-order valence-corrected chi connectivity index (χ3v) is 4.01. The molecule has 0 spiro atoms. The van der Waals surface area contributed by atoms with E-state index in [2.05, 4.69) is 12.2 Å². The number of rotatable bonds is 6. The summed E-state index contributed by atoms with van der Waals surface area (Å²) in [6.45, 7) is 2.29. The molecule has 3 unspecified atom stereocenters. The first-order chi connectivity index (χ1) is 6.92. The molecule has 1 N–H and O–H groups in total. The van der Waals surface area contributed by atoms with Gasteiger partial charge in [-0.2, -0.15) is 0 Å². The van der Waals surface area contributed by atoms with Gasteiger partial charge in [-0.05, 0) is 25.2 Å². The summed E-state index contributed by atoms with van der Waals surface area (Å²) in [5.74, 6) is 1.04. The third-order valence-electron chi connectivity index (χ3n) is 4.01. The van der Waals surface area contributed by atoms with Gasteiger partial charge in [0.05, 0.1) is 0 Å². The van der Waals surface area contributed by atoms with Gasteiger partial charge in [0.15, 0.2) is 0 Å². The van der Waals surface area contributed by atoms with Crippen molar-refractivity contribution in [2.45, 2.75) is 76.8 Å². The van der Waals surface area contributed by atoms with Crippen molar-refractivity contribution in [2.24, 2.45) is 5.92 Å². The minimum absolute atomic E-state index is 0.935. The van der Waals surface area contributed by atoms with Crippen molar-refractivity contribution in [3.05, 3.63) is 0 Å². The summed E-state index contributed by atoms with van der Waals surface area (Å²) >= 11 is 0. The molecule has 2 fully saturated rings. The fourth-order valence-corrected chi connectivity index (χ4v) is 3.03. The Balaban J connectivity index is 1.52. The molecule has 0 radical (unpaired) electrons. The first kappa shape index (κ1) is 10.5. The summed E-state index contributed by atoms with van der Waals surface area (Å²) in [5, 5.41) is 3.63. The van der Waals surface area contributed by atoms with E-state index in [1.165, 1.54) is 57.8 Å². The summed E-state index contributed by atoms with van der Waals surface area (Å²) in [5.41, 5.74) is 0.